The average Bonchev–Trinajstić information content (AvgIpc) is 2.39. The molecule has 1 aromatic rings. The minimum atomic E-state index is -0.676. The lowest BCUT2D eigenvalue weighted by molar-refractivity contribution is -0.145. The van der Waals surface area contributed by atoms with E-state index in [1.807, 2.05) is 12.1 Å². The number of methoxy groups -OCH3 is 1. The van der Waals surface area contributed by atoms with Crippen LogP contribution in [0, 0.1) is 12.8 Å². The summed E-state index contributed by atoms with van der Waals surface area (Å²) in [5, 5.41) is 9.07. The second kappa shape index (κ2) is 5.11. The Labute approximate surface area is 108 Å². The first-order chi connectivity index (χ1) is 8.59. The molecule has 0 spiro atoms. The highest BCUT2D eigenvalue weighted by Crippen LogP contribution is 2.43. The van der Waals surface area contributed by atoms with Crippen molar-refractivity contribution in [3.8, 4) is 0 Å². The zero-order chi connectivity index (χ0) is 13.2. The van der Waals surface area contributed by atoms with Crippen molar-refractivity contribution < 1.29 is 14.6 Å². The van der Waals surface area contributed by atoms with Crippen molar-refractivity contribution in [2.45, 2.75) is 38.2 Å². The van der Waals surface area contributed by atoms with Crippen molar-refractivity contribution in [3.63, 3.8) is 0 Å². The van der Waals surface area contributed by atoms with Crippen LogP contribution in [0.5, 0.6) is 0 Å². The van der Waals surface area contributed by atoms with E-state index in [1.165, 1.54) is 11.1 Å². The number of aliphatic carboxylic acids is 1. The molecule has 0 atom stereocenters. The lowest BCUT2D eigenvalue weighted by atomic mass is 9.74. The van der Waals surface area contributed by atoms with Gasteiger partial charge in [-0.3, -0.25) is 4.79 Å². The largest absolute Gasteiger partial charge is 0.481 e. The Kier molecular flexibility index (Phi) is 3.71. The molecule has 0 bridgehead atoms. The summed E-state index contributed by atoms with van der Waals surface area (Å²) < 4.78 is 5.78. The predicted octanol–water partition coefficient (Wildman–Crippen LogP) is 3.11. The summed E-state index contributed by atoms with van der Waals surface area (Å²) in [5.41, 5.74) is 2.13. The van der Waals surface area contributed by atoms with Gasteiger partial charge < -0.3 is 9.84 Å². The maximum Gasteiger partial charge on any atom is 0.306 e. The standard InChI is InChI=1S/C15H20O3/c1-11-5-3-4-6-13(11)15(18-2)9-7-12(8-10-15)14(16)17/h3-6,12H,7-10H2,1-2H3,(H,16,17). The average molecular weight is 248 g/mol. The van der Waals surface area contributed by atoms with Crippen LogP contribution in [-0.2, 0) is 15.1 Å². The van der Waals surface area contributed by atoms with E-state index >= 15 is 0 Å². The van der Waals surface area contributed by atoms with Crippen LogP contribution < -0.4 is 0 Å². The Bertz CT molecular complexity index is 431. The van der Waals surface area contributed by atoms with E-state index < -0.39 is 5.97 Å². The minimum absolute atomic E-state index is 0.211. The number of ether oxygens (including phenoxy) is 1. The van der Waals surface area contributed by atoms with E-state index in [2.05, 4.69) is 19.1 Å². The zero-order valence-electron chi connectivity index (χ0n) is 11.0. The first kappa shape index (κ1) is 13.1. The maximum atomic E-state index is 11.0. The molecule has 3 nitrogen and oxygen atoms in total. The van der Waals surface area contributed by atoms with Crippen molar-refractivity contribution in [2.24, 2.45) is 5.92 Å². The summed E-state index contributed by atoms with van der Waals surface area (Å²) in [5.74, 6) is -0.887. The smallest absolute Gasteiger partial charge is 0.306 e. The van der Waals surface area contributed by atoms with Gasteiger partial charge in [-0.15, -0.1) is 0 Å². The van der Waals surface area contributed by atoms with Crippen LogP contribution in [0.15, 0.2) is 24.3 Å². The molecule has 0 heterocycles. The fourth-order valence-corrected chi connectivity index (χ4v) is 3.00. The van der Waals surface area contributed by atoms with E-state index in [0.29, 0.717) is 12.8 Å². The van der Waals surface area contributed by atoms with Gasteiger partial charge >= 0.3 is 5.97 Å². The summed E-state index contributed by atoms with van der Waals surface area (Å²) in [4.78, 5) is 11.0. The quantitative estimate of drug-likeness (QED) is 0.894. The van der Waals surface area contributed by atoms with Gasteiger partial charge in [-0.2, -0.15) is 0 Å². The van der Waals surface area contributed by atoms with Gasteiger partial charge in [0.1, 0.15) is 0 Å². The third-order valence-corrected chi connectivity index (χ3v) is 4.17. The minimum Gasteiger partial charge on any atom is -0.481 e. The molecular formula is C15H20O3. The summed E-state index contributed by atoms with van der Waals surface area (Å²) in [6.45, 7) is 2.08. The van der Waals surface area contributed by atoms with E-state index in [1.54, 1.807) is 7.11 Å². The third-order valence-electron chi connectivity index (χ3n) is 4.17. The van der Waals surface area contributed by atoms with Crippen LogP contribution in [0.2, 0.25) is 0 Å². The maximum absolute atomic E-state index is 11.0. The molecule has 0 radical (unpaired) electrons. The van der Waals surface area contributed by atoms with Gasteiger partial charge in [0.2, 0.25) is 0 Å². The number of hydrogen-bond acceptors (Lipinski definition) is 2. The van der Waals surface area contributed by atoms with Crippen molar-refractivity contribution >= 4 is 5.97 Å². The molecule has 0 amide bonds. The molecule has 1 aromatic carbocycles. The molecule has 1 aliphatic rings. The van der Waals surface area contributed by atoms with Gasteiger partial charge in [0.25, 0.3) is 0 Å². The normalized spacial score (nSPS) is 28.0. The second-order valence-electron chi connectivity index (χ2n) is 5.13. The fourth-order valence-electron chi connectivity index (χ4n) is 3.00. The number of carboxylic acid groups (broad SMARTS) is 1. The van der Waals surface area contributed by atoms with Crippen LogP contribution in [0.1, 0.15) is 36.8 Å². The van der Waals surface area contributed by atoms with E-state index in [-0.39, 0.29) is 11.5 Å². The molecule has 18 heavy (non-hydrogen) atoms. The van der Waals surface area contributed by atoms with Crippen molar-refractivity contribution in [1.82, 2.24) is 0 Å². The monoisotopic (exact) mass is 248 g/mol. The van der Waals surface area contributed by atoms with Crippen LogP contribution in [0.3, 0.4) is 0 Å². The Hall–Kier alpha value is -1.35. The molecule has 1 N–H and O–H groups in total. The van der Waals surface area contributed by atoms with Crippen LogP contribution in [0.25, 0.3) is 0 Å². The van der Waals surface area contributed by atoms with Crippen molar-refractivity contribution in [1.29, 1.82) is 0 Å². The number of rotatable bonds is 3. The highest BCUT2D eigenvalue weighted by atomic mass is 16.5. The molecule has 1 aliphatic carbocycles. The Balaban J connectivity index is 2.24. The molecule has 1 saturated carbocycles. The highest BCUT2D eigenvalue weighted by molar-refractivity contribution is 5.70. The highest BCUT2D eigenvalue weighted by Gasteiger charge is 2.39. The SMILES string of the molecule is COC1(c2ccccc2C)CCC(C(=O)O)CC1. The van der Waals surface area contributed by atoms with Gasteiger partial charge in [0.15, 0.2) is 0 Å². The summed E-state index contributed by atoms with van der Waals surface area (Å²) in [7, 11) is 1.73. The topological polar surface area (TPSA) is 46.5 Å². The molecule has 0 aliphatic heterocycles. The lowest BCUT2D eigenvalue weighted by Crippen LogP contribution is -2.36. The summed E-state index contributed by atoms with van der Waals surface area (Å²) >= 11 is 0. The number of benzene rings is 1. The molecule has 0 aromatic heterocycles. The van der Waals surface area contributed by atoms with E-state index in [4.69, 9.17) is 9.84 Å². The van der Waals surface area contributed by atoms with Gasteiger partial charge in [0, 0.05) is 7.11 Å². The zero-order valence-corrected chi connectivity index (χ0v) is 11.0. The Morgan fingerprint density at radius 2 is 1.94 bits per heavy atom. The van der Waals surface area contributed by atoms with Crippen LogP contribution in [0.4, 0.5) is 0 Å². The number of carboxylic acids is 1. The summed E-state index contributed by atoms with van der Waals surface area (Å²) in [6.07, 6.45) is 2.95. The summed E-state index contributed by atoms with van der Waals surface area (Å²) in [6, 6.07) is 8.22. The van der Waals surface area contributed by atoms with Gasteiger partial charge in [-0.25, -0.2) is 0 Å². The Morgan fingerprint density at radius 3 is 2.44 bits per heavy atom. The van der Waals surface area contributed by atoms with E-state index in [9.17, 15) is 4.79 Å². The van der Waals surface area contributed by atoms with Crippen molar-refractivity contribution in [3.05, 3.63) is 35.4 Å². The second-order valence-corrected chi connectivity index (χ2v) is 5.13. The van der Waals surface area contributed by atoms with E-state index in [0.717, 1.165) is 12.8 Å². The molecule has 2 rings (SSSR count). The van der Waals surface area contributed by atoms with Gasteiger partial charge in [-0.1, -0.05) is 24.3 Å². The first-order valence-corrected chi connectivity index (χ1v) is 6.43. The molecule has 3 heteroatoms. The Morgan fingerprint density at radius 1 is 1.33 bits per heavy atom. The van der Waals surface area contributed by atoms with Crippen LogP contribution >= 0.6 is 0 Å². The number of carbonyl (C=O) groups is 1. The molecular weight excluding hydrogens is 228 g/mol. The molecule has 98 valence electrons. The first-order valence-electron chi connectivity index (χ1n) is 6.43. The predicted molar refractivity (Wildman–Crippen MR) is 69.5 cm³/mol. The van der Waals surface area contributed by atoms with Gasteiger partial charge in [-0.05, 0) is 43.7 Å². The third kappa shape index (κ3) is 2.27. The van der Waals surface area contributed by atoms with Crippen LogP contribution in [-0.4, -0.2) is 18.2 Å². The number of hydrogen-bond donors (Lipinski definition) is 1. The number of aryl methyl sites for hydroxylation is 1. The molecule has 1 fully saturated rings. The lowest BCUT2D eigenvalue weighted by Gasteiger charge is -2.39. The molecule has 0 unspecified atom stereocenters. The van der Waals surface area contributed by atoms with Crippen molar-refractivity contribution in [2.75, 3.05) is 7.11 Å². The fraction of sp³-hybridized carbons (Fsp3) is 0.533. The van der Waals surface area contributed by atoms with Gasteiger partial charge in [0.05, 0.1) is 11.5 Å². The molecule has 0 saturated heterocycles.